The minimum Gasteiger partial charge on any atom is -0.496 e. The van der Waals surface area contributed by atoms with Gasteiger partial charge in [-0.05, 0) is 19.5 Å². The molecule has 0 saturated carbocycles. The second-order valence-electron chi connectivity index (χ2n) is 6.58. The molecular weight excluding hydrogens is 342 g/mol. The molecular formula is C20H27N5O2. The molecule has 0 spiro atoms. The van der Waals surface area contributed by atoms with Crippen molar-refractivity contribution in [2.75, 3.05) is 45.2 Å². The van der Waals surface area contributed by atoms with Crippen LogP contribution in [0.25, 0.3) is 0 Å². The standard InChI is InChI=1S/C20H27N5O2/c1-4-24-9-11-25(12-10-24)20(26)17-13-19(23-15(2)22-17)21-14-16-7-5-6-8-18(16)27-3/h5-8,13H,4,9-12,14H2,1-3H3,(H,21,22,23). The van der Waals surface area contributed by atoms with Crippen LogP contribution in [0.4, 0.5) is 5.82 Å². The van der Waals surface area contributed by atoms with Crippen LogP contribution in [0.3, 0.4) is 0 Å². The molecule has 1 aromatic carbocycles. The number of para-hydroxylation sites is 1. The average Bonchev–Trinajstić information content (AvgIpc) is 2.71. The lowest BCUT2D eigenvalue weighted by molar-refractivity contribution is 0.0637. The number of hydrogen-bond donors (Lipinski definition) is 1. The Morgan fingerprint density at radius 2 is 1.93 bits per heavy atom. The smallest absolute Gasteiger partial charge is 0.272 e. The highest BCUT2D eigenvalue weighted by molar-refractivity contribution is 5.93. The summed E-state index contributed by atoms with van der Waals surface area (Å²) < 4.78 is 5.38. The monoisotopic (exact) mass is 369 g/mol. The van der Waals surface area contributed by atoms with Gasteiger partial charge in [0.05, 0.1) is 7.11 Å². The van der Waals surface area contributed by atoms with E-state index in [-0.39, 0.29) is 5.91 Å². The first-order valence-electron chi connectivity index (χ1n) is 9.33. The zero-order valence-corrected chi connectivity index (χ0v) is 16.2. The fraction of sp³-hybridized carbons (Fsp3) is 0.450. The Hall–Kier alpha value is -2.67. The fourth-order valence-corrected chi connectivity index (χ4v) is 3.23. The summed E-state index contributed by atoms with van der Waals surface area (Å²) in [5.74, 6) is 2.01. The normalized spacial score (nSPS) is 14.9. The lowest BCUT2D eigenvalue weighted by Crippen LogP contribution is -2.48. The second-order valence-corrected chi connectivity index (χ2v) is 6.58. The molecule has 2 heterocycles. The van der Waals surface area contributed by atoms with E-state index in [0.717, 1.165) is 44.0 Å². The molecule has 0 atom stereocenters. The maximum Gasteiger partial charge on any atom is 0.272 e. The van der Waals surface area contributed by atoms with Crippen molar-refractivity contribution >= 4 is 11.7 Å². The third-order valence-electron chi connectivity index (χ3n) is 4.82. The van der Waals surface area contributed by atoms with E-state index in [1.807, 2.05) is 29.2 Å². The van der Waals surface area contributed by atoms with Crippen LogP contribution in [-0.2, 0) is 6.54 Å². The Balaban J connectivity index is 1.70. The Bertz CT molecular complexity index is 788. The third kappa shape index (κ3) is 4.74. The van der Waals surface area contributed by atoms with Gasteiger partial charge >= 0.3 is 0 Å². The third-order valence-corrected chi connectivity index (χ3v) is 4.82. The number of likely N-dealkylation sites (N-methyl/N-ethyl adjacent to an activating group) is 1. The number of rotatable bonds is 6. The SMILES string of the molecule is CCN1CCN(C(=O)c2cc(NCc3ccccc3OC)nc(C)n2)CC1. The first-order chi connectivity index (χ1) is 13.1. The quantitative estimate of drug-likeness (QED) is 0.842. The summed E-state index contributed by atoms with van der Waals surface area (Å²) in [5.41, 5.74) is 1.47. The largest absolute Gasteiger partial charge is 0.496 e. The van der Waals surface area contributed by atoms with E-state index in [9.17, 15) is 4.79 Å². The van der Waals surface area contributed by atoms with E-state index in [2.05, 4.69) is 27.1 Å². The van der Waals surface area contributed by atoms with E-state index < -0.39 is 0 Å². The number of amides is 1. The average molecular weight is 369 g/mol. The van der Waals surface area contributed by atoms with Crippen LogP contribution in [0.5, 0.6) is 5.75 Å². The molecule has 0 bridgehead atoms. The molecule has 1 aliphatic heterocycles. The number of ether oxygens (including phenoxy) is 1. The van der Waals surface area contributed by atoms with E-state index in [1.54, 1.807) is 20.1 Å². The van der Waals surface area contributed by atoms with Gasteiger partial charge in [-0.2, -0.15) is 0 Å². The number of aromatic nitrogens is 2. The number of nitrogens with zero attached hydrogens (tertiary/aromatic N) is 4. The molecule has 27 heavy (non-hydrogen) atoms. The molecule has 1 saturated heterocycles. The molecule has 1 amide bonds. The van der Waals surface area contributed by atoms with Gasteiger partial charge in [-0.15, -0.1) is 0 Å². The van der Waals surface area contributed by atoms with Crippen molar-refractivity contribution in [3.63, 3.8) is 0 Å². The van der Waals surface area contributed by atoms with Crippen LogP contribution < -0.4 is 10.1 Å². The first-order valence-corrected chi connectivity index (χ1v) is 9.33. The van der Waals surface area contributed by atoms with Gasteiger partial charge < -0.3 is 19.9 Å². The van der Waals surface area contributed by atoms with Crippen molar-refractivity contribution in [2.45, 2.75) is 20.4 Å². The van der Waals surface area contributed by atoms with Gasteiger partial charge in [-0.25, -0.2) is 9.97 Å². The predicted molar refractivity (Wildman–Crippen MR) is 105 cm³/mol. The zero-order chi connectivity index (χ0) is 19.2. The minimum atomic E-state index is -0.0309. The fourth-order valence-electron chi connectivity index (χ4n) is 3.23. The molecule has 0 unspecified atom stereocenters. The number of piperazine rings is 1. The Morgan fingerprint density at radius 3 is 2.63 bits per heavy atom. The van der Waals surface area contributed by atoms with Crippen LogP contribution in [0.2, 0.25) is 0 Å². The van der Waals surface area contributed by atoms with Crippen molar-refractivity contribution in [3.05, 3.63) is 47.4 Å². The number of aryl methyl sites for hydroxylation is 1. The first kappa shape index (κ1) is 19.1. The number of carbonyl (C=O) groups excluding carboxylic acids is 1. The topological polar surface area (TPSA) is 70.6 Å². The number of anilines is 1. The highest BCUT2D eigenvalue weighted by Crippen LogP contribution is 2.19. The molecule has 0 aliphatic carbocycles. The van der Waals surface area contributed by atoms with Gasteiger partial charge in [0.2, 0.25) is 0 Å². The van der Waals surface area contributed by atoms with E-state index in [0.29, 0.717) is 23.9 Å². The van der Waals surface area contributed by atoms with Gasteiger partial charge in [-0.1, -0.05) is 25.1 Å². The van der Waals surface area contributed by atoms with E-state index in [1.165, 1.54) is 0 Å². The summed E-state index contributed by atoms with van der Waals surface area (Å²) in [6.45, 7) is 8.82. The van der Waals surface area contributed by atoms with E-state index >= 15 is 0 Å². The summed E-state index contributed by atoms with van der Waals surface area (Å²) >= 11 is 0. The Morgan fingerprint density at radius 1 is 1.19 bits per heavy atom. The van der Waals surface area contributed by atoms with E-state index in [4.69, 9.17) is 4.74 Å². The van der Waals surface area contributed by atoms with Gasteiger partial charge in [0.25, 0.3) is 5.91 Å². The highest BCUT2D eigenvalue weighted by atomic mass is 16.5. The summed E-state index contributed by atoms with van der Waals surface area (Å²) in [4.78, 5) is 25.8. The lowest BCUT2D eigenvalue weighted by atomic mass is 10.2. The highest BCUT2D eigenvalue weighted by Gasteiger charge is 2.23. The van der Waals surface area contributed by atoms with Crippen LogP contribution >= 0.6 is 0 Å². The van der Waals surface area contributed by atoms with Crippen molar-refractivity contribution in [1.82, 2.24) is 19.8 Å². The van der Waals surface area contributed by atoms with Crippen molar-refractivity contribution in [2.24, 2.45) is 0 Å². The zero-order valence-electron chi connectivity index (χ0n) is 16.2. The number of hydrogen-bond acceptors (Lipinski definition) is 6. The summed E-state index contributed by atoms with van der Waals surface area (Å²) in [6, 6.07) is 9.56. The number of methoxy groups -OCH3 is 1. The maximum atomic E-state index is 12.8. The molecule has 2 aromatic rings. The molecule has 144 valence electrons. The molecule has 1 fully saturated rings. The van der Waals surface area contributed by atoms with Gasteiger partial charge in [0.15, 0.2) is 0 Å². The molecule has 7 nitrogen and oxygen atoms in total. The van der Waals surface area contributed by atoms with Gasteiger partial charge in [0.1, 0.15) is 23.1 Å². The van der Waals surface area contributed by atoms with Crippen molar-refractivity contribution < 1.29 is 9.53 Å². The summed E-state index contributed by atoms with van der Waals surface area (Å²) in [7, 11) is 1.66. The minimum absolute atomic E-state index is 0.0309. The van der Waals surface area contributed by atoms with Crippen LogP contribution in [0, 0.1) is 6.92 Å². The van der Waals surface area contributed by atoms with Gasteiger partial charge in [0, 0.05) is 44.4 Å². The number of carbonyl (C=O) groups is 1. The molecule has 1 N–H and O–H groups in total. The maximum absolute atomic E-state index is 12.8. The van der Waals surface area contributed by atoms with Crippen molar-refractivity contribution in [1.29, 1.82) is 0 Å². The molecule has 3 rings (SSSR count). The molecule has 1 aromatic heterocycles. The van der Waals surface area contributed by atoms with Crippen molar-refractivity contribution in [3.8, 4) is 5.75 Å². The predicted octanol–water partition coefficient (Wildman–Crippen LogP) is 2.18. The van der Waals surface area contributed by atoms with Crippen LogP contribution in [0.1, 0.15) is 28.8 Å². The molecule has 7 heteroatoms. The molecule has 1 aliphatic rings. The van der Waals surface area contributed by atoms with Crippen LogP contribution in [-0.4, -0.2) is 65.5 Å². The number of benzene rings is 1. The summed E-state index contributed by atoms with van der Waals surface area (Å²) in [6.07, 6.45) is 0. The summed E-state index contributed by atoms with van der Waals surface area (Å²) in [5, 5.41) is 3.28. The van der Waals surface area contributed by atoms with Gasteiger partial charge in [-0.3, -0.25) is 4.79 Å². The molecule has 0 radical (unpaired) electrons. The Labute approximate surface area is 160 Å². The lowest BCUT2D eigenvalue weighted by Gasteiger charge is -2.33. The Kier molecular flexibility index (Phi) is 6.24. The second kappa shape index (κ2) is 8.81. The number of nitrogens with one attached hydrogen (secondary N) is 1. The van der Waals surface area contributed by atoms with Crippen LogP contribution in [0.15, 0.2) is 30.3 Å².